The molecule has 1 aliphatic heterocycles. The summed E-state index contributed by atoms with van der Waals surface area (Å²) in [4.78, 5) is 24.8. The van der Waals surface area contributed by atoms with Gasteiger partial charge in [-0.25, -0.2) is 9.37 Å². The van der Waals surface area contributed by atoms with Crippen LogP contribution in [0.4, 0.5) is 21.7 Å². The zero-order valence-corrected chi connectivity index (χ0v) is 18.9. The minimum Gasteiger partial charge on any atom is -0.391 e. The summed E-state index contributed by atoms with van der Waals surface area (Å²) in [5, 5.41) is 13.2. The quantitative estimate of drug-likeness (QED) is 0.396. The number of β-amino-alcohol motifs (C(OH)–C–C–N with tert-alkyl or cyclic N) is 1. The first-order chi connectivity index (χ1) is 16.6. The predicted molar refractivity (Wildman–Crippen MR) is 130 cm³/mol. The van der Waals surface area contributed by atoms with Gasteiger partial charge >= 0.3 is 0 Å². The third kappa shape index (κ3) is 5.67. The Morgan fingerprint density at radius 3 is 2.88 bits per heavy atom. The van der Waals surface area contributed by atoms with E-state index in [4.69, 9.17) is 10.7 Å². The van der Waals surface area contributed by atoms with E-state index < -0.39 is 0 Å². The summed E-state index contributed by atoms with van der Waals surface area (Å²) in [7, 11) is 0. The summed E-state index contributed by atoms with van der Waals surface area (Å²) >= 11 is 0. The molecule has 0 spiro atoms. The van der Waals surface area contributed by atoms with Crippen LogP contribution in [0, 0.1) is 5.82 Å². The van der Waals surface area contributed by atoms with Crippen LogP contribution in [-0.2, 0) is 24.3 Å². The number of anilines is 3. The number of hydrogen-bond acceptors (Lipinski definition) is 7. The van der Waals surface area contributed by atoms with Crippen LogP contribution in [0.25, 0.3) is 0 Å². The van der Waals surface area contributed by atoms with Crippen molar-refractivity contribution in [3.05, 3.63) is 77.4 Å². The summed E-state index contributed by atoms with van der Waals surface area (Å²) in [6.07, 6.45) is 3.35. The van der Waals surface area contributed by atoms with E-state index in [0.717, 1.165) is 29.0 Å². The summed E-state index contributed by atoms with van der Waals surface area (Å²) < 4.78 is 13.5. The van der Waals surface area contributed by atoms with Crippen LogP contribution < -0.4 is 20.9 Å². The lowest BCUT2D eigenvalue weighted by atomic mass is 10.1. The monoisotopic (exact) mass is 464 g/mol. The minimum atomic E-state index is -0.377. The van der Waals surface area contributed by atoms with E-state index in [1.807, 2.05) is 35.2 Å². The second kappa shape index (κ2) is 11.0. The van der Waals surface area contributed by atoms with Crippen LogP contribution in [0.2, 0.25) is 0 Å². The zero-order valence-electron chi connectivity index (χ0n) is 18.9. The Hall–Kier alpha value is -3.56. The molecule has 9 heteroatoms. The molecule has 0 radical (unpaired) electrons. The van der Waals surface area contributed by atoms with Gasteiger partial charge in [-0.05, 0) is 54.3 Å². The number of aromatic nitrogens is 2. The molecule has 2 aromatic heterocycles. The van der Waals surface area contributed by atoms with Gasteiger partial charge in [-0.2, -0.15) is 0 Å². The van der Waals surface area contributed by atoms with Crippen molar-refractivity contribution in [1.82, 2.24) is 9.97 Å². The normalized spacial score (nSPS) is 15.4. The van der Waals surface area contributed by atoms with Crippen LogP contribution in [0.3, 0.4) is 0 Å². The molecule has 3 aromatic rings. The van der Waals surface area contributed by atoms with Gasteiger partial charge in [0.25, 0.3) is 0 Å². The number of aliphatic hydroxyl groups is 1. The lowest BCUT2D eigenvalue weighted by Gasteiger charge is -2.24. The number of carbonyl (C=O) groups excluding carboxylic acids is 1. The molecule has 1 aromatic carbocycles. The van der Waals surface area contributed by atoms with Gasteiger partial charge in [-0.15, -0.1) is 0 Å². The maximum Gasteiger partial charge on any atom is 0.214 e. The topological polar surface area (TPSA) is 108 Å². The van der Waals surface area contributed by atoms with Crippen LogP contribution in [0.15, 0.2) is 54.7 Å². The molecule has 1 saturated heterocycles. The fraction of sp³-hybridized carbons (Fsp3) is 0.320. The second-order valence-corrected chi connectivity index (χ2v) is 8.28. The fourth-order valence-electron chi connectivity index (χ4n) is 4.11. The lowest BCUT2D eigenvalue weighted by molar-refractivity contribution is -0.107. The molecule has 34 heavy (non-hydrogen) atoms. The molecular weight excluding hydrogens is 435 g/mol. The average molecular weight is 465 g/mol. The number of benzene rings is 1. The van der Waals surface area contributed by atoms with Gasteiger partial charge in [-0.3, -0.25) is 9.78 Å². The summed E-state index contributed by atoms with van der Waals surface area (Å²) in [6, 6.07) is 13.9. The smallest absolute Gasteiger partial charge is 0.214 e. The average Bonchev–Trinajstić information content (AvgIpc) is 3.29. The number of nitrogens with two attached hydrogens (primary N) is 1. The van der Waals surface area contributed by atoms with Gasteiger partial charge in [0.05, 0.1) is 24.0 Å². The summed E-state index contributed by atoms with van der Waals surface area (Å²) in [5.74, 6) is 0.995. The van der Waals surface area contributed by atoms with Gasteiger partial charge in [0, 0.05) is 32.4 Å². The van der Waals surface area contributed by atoms with E-state index in [9.17, 15) is 14.3 Å². The van der Waals surface area contributed by atoms with Crippen molar-refractivity contribution in [3.8, 4) is 0 Å². The molecule has 178 valence electrons. The van der Waals surface area contributed by atoms with Gasteiger partial charge < -0.3 is 26.0 Å². The molecular formula is C25H29FN6O2. The molecule has 0 unspecified atom stereocenters. The highest BCUT2D eigenvalue weighted by Gasteiger charge is 2.23. The molecule has 1 amide bonds. The van der Waals surface area contributed by atoms with Gasteiger partial charge in [0.2, 0.25) is 6.41 Å². The third-order valence-corrected chi connectivity index (χ3v) is 5.90. The Labute approximate surface area is 198 Å². The van der Waals surface area contributed by atoms with Crippen LogP contribution in [0.1, 0.15) is 23.2 Å². The number of carbonyl (C=O) groups is 1. The van der Waals surface area contributed by atoms with Gasteiger partial charge in [-0.1, -0.05) is 18.2 Å². The third-order valence-electron chi connectivity index (χ3n) is 5.90. The summed E-state index contributed by atoms with van der Waals surface area (Å²) in [6.45, 7) is 2.30. The maximum absolute atomic E-state index is 13.5. The Morgan fingerprint density at radius 2 is 2.15 bits per heavy atom. The van der Waals surface area contributed by atoms with Crippen molar-refractivity contribution >= 4 is 23.7 Å². The molecule has 3 heterocycles. The molecule has 8 nitrogen and oxygen atoms in total. The van der Waals surface area contributed by atoms with Crippen LogP contribution in [-0.4, -0.2) is 47.2 Å². The largest absolute Gasteiger partial charge is 0.391 e. The summed E-state index contributed by atoms with van der Waals surface area (Å²) in [5.41, 5.74) is 8.88. The highest BCUT2D eigenvalue weighted by Crippen LogP contribution is 2.29. The molecule has 4 rings (SSSR count). The minimum absolute atomic E-state index is 0.273. The second-order valence-electron chi connectivity index (χ2n) is 8.28. The first-order valence-corrected chi connectivity index (χ1v) is 11.3. The van der Waals surface area contributed by atoms with E-state index >= 15 is 0 Å². The fourth-order valence-corrected chi connectivity index (χ4v) is 4.11. The van der Waals surface area contributed by atoms with E-state index in [0.29, 0.717) is 50.5 Å². The zero-order chi connectivity index (χ0) is 23.9. The van der Waals surface area contributed by atoms with E-state index in [1.165, 1.54) is 12.1 Å². The number of halogens is 1. The number of hydrogen-bond donors (Lipinski definition) is 3. The lowest BCUT2D eigenvalue weighted by Crippen LogP contribution is -2.26. The Kier molecular flexibility index (Phi) is 7.66. The SMILES string of the molecule is NCc1ncccc1CN(C=O)c1ccc(N2CC[C@@H](O)C2)nc1NCCc1cccc(F)c1. The number of nitrogens with one attached hydrogen (secondary N) is 1. The number of rotatable bonds is 10. The van der Waals surface area contributed by atoms with Crippen molar-refractivity contribution in [3.63, 3.8) is 0 Å². The molecule has 4 N–H and O–H groups in total. The molecule has 0 aliphatic carbocycles. The highest BCUT2D eigenvalue weighted by molar-refractivity contribution is 5.82. The molecule has 1 fully saturated rings. The molecule has 0 saturated carbocycles. The van der Waals surface area contributed by atoms with Crippen molar-refractivity contribution in [2.75, 3.05) is 34.8 Å². The van der Waals surface area contributed by atoms with Crippen molar-refractivity contribution < 1.29 is 14.3 Å². The van der Waals surface area contributed by atoms with E-state index in [2.05, 4.69) is 10.3 Å². The maximum atomic E-state index is 13.5. The number of aliphatic hydroxyl groups excluding tert-OH is 1. The molecule has 1 atom stereocenters. The van der Waals surface area contributed by atoms with Crippen molar-refractivity contribution in [2.24, 2.45) is 5.73 Å². The van der Waals surface area contributed by atoms with Crippen LogP contribution >= 0.6 is 0 Å². The van der Waals surface area contributed by atoms with Crippen molar-refractivity contribution in [1.29, 1.82) is 0 Å². The Morgan fingerprint density at radius 1 is 1.26 bits per heavy atom. The first kappa shape index (κ1) is 23.6. The number of amides is 1. The van der Waals surface area contributed by atoms with Gasteiger partial charge in [0.1, 0.15) is 11.6 Å². The molecule has 1 aliphatic rings. The van der Waals surface area contributed by atoms with Crippen molar-refractivity contribution in [2.45, 2.75) is 32.0 Å². The van der Waals surface area contributed by atoms with E-state index in [-0.39, 0.29) is 18.5 Å². The van der Waals surface area contributed by atoms with Gasteiger partial charge in [0.15, 0.2) is 5.82 Å². The number of pyridine rings is 2. The Bertz CT molecular complexity index is 1130. The predicted octanol–water partition coefficient (Wildman–Crippen LogP) is 2.46. The van der Waals surface area contributed by atoms with Crippen LogP contribution in [0.5, 0.6) is 0 Å². The van der Waals surface area contributed by atoms with E-state index in [1.54, 1.807) is 17.2 Å². The highest BCUT2D eigenvalue weighted by atomic mass is 19.1. The standard InChI is InChI=1S/C25H29FN6O2/c26-20-5-1-3-18(13-20)8-11-29-25-23(6-7-24(30-25)31-12-9-21(34)16-31)32(17-33)15-19-4-2-10-28-22(19)14-27/h1-7,10,13,17,21,34H,8-9,11-12,14-16,27H2,(H,29,30)/t21-/m1/s1. The molecule has 0 bridgehead atoms. The Balaban J connectivity index is 1.59. The first-order valence-electron chi connectivity index (χ1n) is 11.3. The number of nitrogens with zero attached hydrogens (tertiary/aromatic N) is 4.